The summed E-state index contributed by atoms with van der Waals surface area (Å²) >= 11 is 4.98. The molecule has 0 spiro atoms. The molecule has 2 aromatic rings. The number of hydrogen-bond donors (Lipinski definition) is 1. The van der Waals surface area contributed by atoms with Crippen molar-refractivity contribution in [3.63, 3.8) is 0 Å². The van der Waals surface area contributed by atoms with E-state index in [2.05, 4.69) is 19.9 Å². The normalized spacial score (nSPS) is 10.3. The molecule has 2 N–H and O–H groups in total. The number of benzene rings is 2. The first-order valence-electron chi connectivity index (χ1n) is 6.56. The summed E-state index contributed by atoms with van der Waals surface area (Å²) in [6.07, 6.45) is 0. The Hall–Kier alpha value is -1.87. The molecule has 0 radical (unpaired) electrons. The second-order valence-corrected chi connectivity index (χ2v) is 5.56. The van der Waals surface area contributed by atoms with Crippen molar-refractivity contribution in [3.05, 3.63) is 64.2 Å². The molecule has 0 amide bonds. The zero-order chi connectivity index (χ0) is 14.7. The van der Waals surface area contributed by atoms with Gasteiger partial charge in [0.2, 0.25) is 0 Å². The minimum absolute atomic E-state index is 0.426. The summed E-state index contributed by atoms with van der Waals surface area (Å²) in [5.74, 6) is 0.903. The van der Waals surface area contributed by atoms with Crippen LogP contribution in [0, 0.1) is 20.8 Å². The zero-order valence-corrected chi connectivity index (χ0v) is 12.9. The van der Waals surface area contributed by atoms with Gasteiger partial charge >= 0.3 is 0 Å². The molecule has 2 rings (SSSR count). The lowest BCUT2D eigenvalue weighted by Crippen LogP contribution is -2.10. The Labute approximate surface area is 125 Å². The number of thiocarbonyl (C=S) groups is 1. The molecular weight excluding hydrogens is 266 g/mol. The van der Waals surface area contributed by atoms with Crippen LogP contribution in [0.25, 0.3) is 0 Å². The summed E-state index contributed by atoms with van der Waals surface area (Å²) in [7, 11) is 0. The van der Waals surface area contributed by atoms with Crippen molar-refractivity contribution in [1.29, 1.82) is 0 Å². The third-order valence-corrected chi connectivity index (χ3v) is 3.45. The Morgan fingerprint density at radius 3 is 2.25 bits per heavy atom. The number of hydrogen-bond acceptors (Lipinski definition) is 2. The minimum atomic E-state index is 0.426. The Bertz CT molecular complexity index is 629. The van der Waals surface area contributed by atoms with Gasteiger partial charge < -0.3 is 10.5 Å². The Balaban J connectivity index is 2.12. The molecule has 20 heavy (non-hydrogen) atoms. The van der Waals surface area contributed by atoms with E-state index in [1.54, 1.807) is 0 Å². The maximum Gasteiger partial charge on any atom is 0.120 e. The molecule has 2 nitrogen and oxygen atoms in total. The lowest BCUT2D eigenvalue weighted by atomic mass is 10.1. The van der Waals surface area contributed by atoms with Crippen LogP contribution in [0.5, 0.6) is 5.75 Å². The van der Waals surface area contributed by atoms with E-state index < -0.39 is 0 Å². The van der Waals surface area contributed by atoms with Crippen molar-refractivity contribution < 1.29 is 4.74 Å². The van der Waals surface area contributed by atoms with E-state index in [1.807, 2.05) is 37.3 Å². The molecule has 104 valence electrons. The van der Waals surface area contributed by atoms with Gasteiger partial charge in [0.15, 0.2) is 0 Å². The monoisotopic (exact) mass is 285 g/mol. The third kappa shape index (κ3) is 3.58. The van der Waals surface area contributed by atoms with Crippen LogP contribution in [0.4, 0.5) is 0 Å². The van der Waals surface area contributed by atoms with Crippen LogP contribution in [0.2, 0.25) is 0 Å². The van der Waals surface area contributed by atoms with E-state index in [9.17, 15) is 0 Å². The van der Waals surface area contributed by atoms with Crippen LogP contribution < -0.4 is 10.5 Å². The highest BCUT2D eigenvalue weighted by Crippen LogP contribution is 2.19. The van der Waals surface area contributed by atoms with Gasteiger partial charge in [-0.1, -0.05) is 30.4 Å². The molecular formula is C17H19NOS. The zero-order valence-electron chi connectivity index (χ0n) is 12.1. The summed E-state index contributed by atoms with van der Waals surface area (Å²) in [5.41, 5.74) is 11.2. The third-order valence-electron chi connectivity index (χ3n) is 3.22. The molecule has 0 heterocycles. The molecule has 0 aliphatic heterocycles. The highest BCUT2D eigenvalue weighted by atomic mass is 32.1. The fourth-order valence-corrected chi connectivity index (χ4v) is 2.32. The van der Waals surface area contributed by atoms with E-state index in [0.29, 0.717) is 11.6 Å². The first-order valence-corrected chi connectivity index (χ1v) is 6.97. The van der Waals surface area contributed by atoms with E-state index in [4.69, 9.17) is 22.7 Å². The van der Waals surface area contributed by atoms with Gasteiger partial charge in [0.05, 0.1) is 0 Å². The van der Waals surface area contributed by atoms with Crippen molar-refractivity contribution >= 4 is 17.2 Å². The molecule has 0 aromatic heterocycles. The SMILES string of the molecule is Cc1cc(C)cc(OCc2ccc(C(N)=S)cc2C)c1. The first kappa shape index (κ1) is 14.5. The van der Waals surface area contributed by atoms with E-state index in [1.165, 1.54) is 11.1 Å². The van der Waals surface area contributed by atoms with Gasteiger partial charge in [0.25, 0.3) is 0 Å². The van der Waals surface area contributed by atoms with Gasteiger partial charge in [-0.3, -0.25) is 0 Å². The van der Waals surface area contributed by atoms with Crippen LogP contribution >= 0.6 is 12.2 Å². The summed E-state index contributed by atoms with van der Waals surface area (Å²) in [6, 6.07) is 12.2. The van der Waals surface area contributed by atoms with E-state index in [-0.39, 0.29) is 0 Å². The minimum Gasteiger partial charge on any atom is -0.489 e. The van der Waals surface area contributed by atoms with Crippen molar-refractivity contribution in [2.24, 2.45) is 5.73 Å². The first-order chi connectivity index (χ1) is 9.45. The molecule has 0 fully saturated rings. The molecule has 0 saturated carbocycles. The van der Waals surface area contributed by atoms with Gasteiger partial charge in [-0.15, -0.1) is 0 Å². The Morgan fingerprint density at radius 1 is 1.05 bits per heavy atom. The van der Waals surface area contributed by atoms with Crippen LogP contribution in [-0.2, 0) is 6.61 Å². The molecule has 0 bridgehead atoms. The quantitative estimate of drug-likeness (QED) is 0.867. The van der Waals surface area contributed by atoms with Crippen LogP contribution in [-0.4, -0.2) is 4.99 Å². The lowest BCUT2D eigenvalue weighted by Gasteiger charge is -2.11. The summed E-state index contributed by atoms with van der Waals surface area (Å²) in [4.78, 5) is 0.426. The molecule has 0 aliphatic rings. The molecule has 0 unspecified atom stereocenters. The lowest BCUT2D eigenvalue weighted by molar-refractivity contribution is 0.305. The van der Waals surface area contributed by atoms with Crippen molar-refractivity contribution in [2.45, 2.75) is 27.4 Å². The van der Waals surface area contributed by atoms with Crippen molar-refractivity contribution in [3.8, 4) is 5.75 Å². The summed E-state index contributed by atoms with van der Waals surface area (Å²) < 4.78 is 5.87. The number of rotatable bonds is 4. The predicted octanol–water partition coefficient (Wildman–Crippen LogP) is 3.83. The highest BCUT2D eigenvalue weighted by Gasteiger charge is 2.04. The second kappa shape index (κ2) is 6.06. The second-order valence-electron chi connectivity index (χ2n) is 5.12. The van der Waals surface area contributed by atoms with Crippen LogP contribution in [0.15, 0.2) is 36.4 Å². The highest BCUT2D eigenvalue weighted by molar-refractivity contribution is 7.80. The summed E-state index contributed by atoms with van der Waals surface area (Å²) in [6.45, 7) is 6.73. The van der Waals surface area contributed by atoms with Crippen LogP contribution in [0.3, 0.4) is 0 Å². The van der Waals surface area contributed by atoms with Gasteiger partial charge in [0.1, 0.15) is 17.3 Å². The fraction of sp³-hybridized carbons (Fsp3) is 0.235. The maximum atomic E-state index is 5.87. The summed E-state index contributed by atoms with van der Waals surface area (Å²) in [5, 5.41) is 0. The standard InChI is InChI=1S/C17H19NOS/c1-11-6-12(2)8-16(7-11)19-10-15-5-4-14(17(18)20)9-13(15)3/h4-9H,10H2,1-3H3,(H2,18,20). The van der Waals surface area contributed by atoms with Crippen molar-refractivity contribution in [1.82, 2.24) is 0 Å². The van der Waals surface area contributed by atoms with Crippen molar-refractivity contribution in [2.75, 3.05) is 0 Å². The fourth-order valence-electron chi connectivity index (χ4n) is 2.19. The van der Waals surface area contributed by atoms with Gasteiger partial charge in [-0.05, 0) is 61.2 Å². The average molecular weight is 285 g/mol. The molecule has 2 aromatic carbocycles. The van der Waals surface area contributed by atoms with Gasteiger partial charge in [-0.2, -0.15) is 0 Å². The topological polar surface area (TPSA) is 35.2 Å². The largest absolute Gasteiger partial charge is 0.489 e. The number of ether oxygens (including phenoxy) is 1. The number of aryl methyl sites for hydroxylation is 3. The van der Waals surface area contributed by atoms with Gasteiger partial charge in [-0.25, -0.2) is 0 Å². The predicted molar refractivity (Wildman–Crippen MR) is 87.3 cm³/mol. The number of nitrogens with two attached hydrogens (primary N) is 1. The molecule has 0 aliphatic carbocycles. The average Bonchev–Trinajstić information content (AvgIpc) is 2.36. The van der Waals surface area contributed by atoms with E-state index in [0.717, 1.165) is 22.4 Å². The van der Waals surface area contributed by atoms with Crippen LogP contribution in [0.1, 0.15) is 27.8 Å². The Morgan fingerprint density at radius 2 is 1.70 bits per heavy atom. The molecule has 0 atom stereocenters. The van der Waals surface area contributed by atoms with E-state index >= 15 is 0 Å². The van der Waals surface area contributed by atoms with Gasteiger partial charge in [0, 0.05) is 5.56 Å². The molecule has 3 heteroatoms. The Kier molecular flexibility index (Phi) is 4.40. The smallest absolute Gasteiger partial charge is 0.120 e. The molecule has 0 saturated heterocycles. The maximum absolute atomic E-state index is 5.87.